The van der Waals surface area contributed by atoms with Gasteiger partial charge in [-0.2, -0.15) is 0 Å². The number of carbonyl (C=O) groups is 1. The van der Waals surface area contributed by atoms with Crippen LogP contribution >= 0.6 is 0 Å². The van der Waals surface area contributed by atoms with Crippen LogP contribution in [0.15, 0.2) is 60.9 Å². The van der Waals surface area contributed by atoms with Crippen LogP contribution in [-0.4, -0.2) is 46.5 Å². The Morgan fingerprint density at radius 3 is 2.86 bits per heavy atom. The normalized spacial score (nSPS) is 18.6. The highest BCUT2D eigenvalue weighted by molar-refractivity contribution is 5.96. The molecule has 8 heteroatoms. The van der Waals surface area contributed by atoms with Gasteiger partial charge >= 0.3 is 0 Å². The summed E-state index contributed by atoms with van der Waals surface area (Å²) in [6.45, 7) is 6.65. The summed E-state index contributed by atoms with van der Waals surface area (Å²) in [5, 5.41) is 6.46. The summed E-state index contributed by atoms with van der Waals surface area (Å²) in [5.41, 5.74) is 5.19. The standard InChI is InChI=1S/C29H29FN6O/c1-29(2)16-36(25-11-8-20(30)14-22(25)29)27-26-24(32-17-33-27)10-9-23(35-26)18-5-3-6-19(13-18)28(37)34-21-7-4-12-31-15-21/h3,5-6,8-11,13-14,17,21,31H,4,7,12,15-16H2,1-2H3,(H,34,37)/t21-/m0/s1. The summed E-state index contributed by atoms with van der Waals surface area (Å²) < 4.78 is 14.1. The van der Waals surface area contributed by atoms with Gasteiger partial charge < -0.3 is 15.5 Å². The molecular formula is C29H29FN6O. The molecule has 0 radical (unpaired) electrons. The first-order valence-electron chi connectivity index (χ1n) is 12.7. The van der Waals surface area contributed by atoms with E-state index in [1.54, 1.807) is 18.5 Å². The van der Waals surface area contributed by atoms with Gasteiger partial charge in [-0.25, -0.2) is 19.3 Å². The number of rotatable bonds is 4. The zero-order valence-corrected chi connectivity index (χ0v) is 21.0. The zero-order valence-electron chi connectivity index (χ0n) is 21.0. The molecule has 2 aromatic heterocycles. The molecular weight excluding hydrogens is 467 g/mol. The maximum absolute atomic E-state index is 14.1. The molecule has 2 aliphatic rings. The summed E-state index contributed by atoms with van der Waals surface area (Å²) in [4.78, 5) is 29.0. The van der Waals surface area contributed by atoms with Crippen molar-refractivity contribution in [1.29, 1.82) is 0 Å². The van der Waals surface area contributed by atoms with Crippen molar-refractivity contribution in [3.8, 4) is 11.3 Å². The zero-order chi connectivity index (χ0) is 25.6. The van der Waals surface area contributed by atoms with E-state index < -0.39 is 0 Å². The second-order valence-electron chi connectivity index (χ2n) is 10.5. The predicted molar refractivity (Wildman–Crippen MR) is 143 cm³/mol. The average molecular weight is 497 g/mol. The number of aromatic nitrogens is 3. The number of amides is 1. The molecule has 0 aliphatic carbocycles. The topological polar surface area (TPSA) is 83.0 Å². The van der Waals surface area contributed by atoms with Crippen LogP contribution in [0.1, 0.15) is 42.6 Å². The minimum absolute atomic E-state index is 0.0801. The first-order chi connectivity index (χ1) is 17.9. The largest absolute Gasteiger partial charge is 0.348 e. The van der Waals surface area contributed by atoms with E-state index in [-0.39, 0.29) is 23.2 Å². The number of piperidine rings is 1. The second-order valence-corrected chi connectivity index (χ2v) is 10.5. The van der Waals surface area contributed by atoms with Crippen molar-refractivity contribution in [2.75, 3.05) is 24.5 Å². The van der Waals surface area contributed by atoms with E-state index in [9.17, 15) is 9.18 Å². The Kier molecular flexibility index (Phi) is 5.83. The Hall–Kier alpha value is -3.91. The molecule has 188 valence electrons. The number of pyridine rings is 1. The number of hydrogen-bond donors (Lipinski definition) is 2. The highest BCUT2D eigenvalue weighted by Gasteiger charge is 2.37. The Morgan fingerprint density at radius 2 is 2.03 bits per heavy atom. The number of nitrogens with zero attached hydrogens (tertiary/aromatic N) is 4. The summed E-state index contributed by atoms with van der Waals surface area (Å²) in [6, 6.07) is 16.4. The minimum Gasteiger partial charge on any atom is -0.348 e. The van der Waals surface area contributed by atoms with Gasteiger partial charge in [0, 0.05) is 41.4 Å². The molecule has 4 aromatic rings. The molecule has 1 fully saturated rings. The highest BCUT2D eigenvalue weighted by atomic mass is 19.1. The Labute approximate surface area is 215 Å². The molecule has 2 aromatic carbocycles. The summed E-state index contributed by atoms with van der Waals surface area (Å²) >= 11 is 0. The molecule has 2 N–H and O–H groups in total. The van der Waals surface area contributed by atoms with Crippen LogP contribution in [-0.2, 0) is 5.41 Å². The molecule has 37 heavy (non-hydrogen) atoms. The fourth-order valence-corrected chi connectivity index (χ4v) is 5.39. The Balaban J connectivity index is 1.36. The monoisotopic (exact) mass is 496 g/mol. The third-order valence-corrected chi connectivity index (χ3v) is 7.30. The summed E-state index contributed by atoms with van der Waals surface area (Å²) in [6.07, 6.45) is 3.58. The van der Waals surface area contributed by atoms with Gasteiger partial charge in [0.05, 0.1) is 11.2 Å². The van der Waals surface area contributed by atoms with Crippen molar-refractivity contribution >= 4 is 28.4 Å². The fourth-order valence-electron chi connectivity index (χ4n) is 5.39. The lowest BCUT2D eigenvalue weighted by atomic mass is 9.87. The van der Waals surface area contributed by atoms with Gasteiger partial charge in [-0.1, -0.05) is 26.0 Å². The summed E-state index contributed by atoms with van der Waals surface area (Å²) in [5.74, 6) is 0.359. The highest BCUT2D eigenvalue weighted by Crippen LogP contribution is 2.45. The van der Waals surface area contributed by atoms with Gasteiger partial charge in [0.25, 0.3) is 5.91 Å². The number of hydrogen-bond acceptors (Lipinski definition) is 6. The van der Waals surface area contributed by atoms with E-state index in [1.165, 1.54) is 6.07 Å². The van der Waals surface area contributed by atoms with E-state index in [0.29, 0.717) is 23.4 Å². The smallest absolute Gasteiger partial charge is 0.251 e. The Morgan fingerprint density at radius 1 is 1.14 bits per heavy atom. The van der Waals surface area contributed by atoms with Crippen molar-refractivity contribution in [3.05, 3.63) is 77.9 Å². The SMILES string of the molecule is CC1(C)CN(c2ncnc3ccc(-c4cccc(C(=O)N[C@H]5CCCNC5)c4)nc23)c2ccc(F)cc21. The van der Waals surface area contributed by atoms with E-state index in [4.69, 9.17) is 4.98 Å². The van der Waals surface area contributed by atoms with Crippen LogP contribution in [0.4, 0.5) is 15.9 Å². The van der Waals surface area contributed by atoms with Crippen molar-refractivity contribution in [2.24, 2.45) is 0 Å². The minimum atomic E-state index is -0.248. The van der Waals surface area contributed by atoms with Gasteiger partial charge in [-0.15, -0.1) is 0 Å². The van der Waals surface area contributed by atoms with E-state index in [1.807, 2.05) is 36.4 Å². The average Bonchev–Trinajstić information content (AvgIpc) is 3.18. The third-order valence-electron chi connectivity index (χ3n) is 7.30. The molecule has 7 nitrogen and oxygen atoms in total. The van der Waals surface area contributed by atoms with Gasteiger partial charge in [-0.3, -0.25) is 4.79 Å². The summed E-state index contributed by atoms with van der Waals surface area (Å²) in [7, 11) is 0. The lowest BCUT2D eigenvalue weighted by Crippen LogP contribution is -2.45. The quantitative estimate of drug-likeness (QED) is 0.425. The van der Waals surface area contributed by atoms with Crippen molar-refractivity contribution in [2.45, 2.75) is 38.1 Å². The molecule has 1 amide bonds. The fraction of sp³-hybridized carbons (Fsp3) is 0.310. The van der Waals surface area contributed by atoms with Crippen molar-refractivity contribution in [3.63, 3.8) is 0 Å². The van der Waals surface area contributed by atoms with Crippen LogP contribution < -0.4 is 15.5 Å². The molecule has 2 aliphatic heterocycles. The maximum Gasteiger partial charge on any atom is 0.251 e. The molecule has 1 atom stereocenters. The molecule has 1 saturated heterocycles. The van der Waals surface area contributed by atoms with E-state index in [2.05, 4.69) is 39.3 Å². The van der Waals surface area contributed by atoms with Crippen LogP contribution in [0.25, 0.3) is 22.3 Å². The van der Waals surface area contributed by atoms with Gasteiger partial charge in [0.1, 0.15) is 17.7 Å². The van der Waals surface area contributed by atoms with Crippen molar-refractivity contribution in [1.82, 2.24) is 25.6 Å². The van der Waals surface area contributed by atoms with Crippen LogP contribution in [0, 0.1) is 5.82 Å². The molecule has 6 rings (SSSR count). The van der Waals surface area contributed by atoms with Gasteiger partial charge in [0.15, 0.2) is 5.82 Å². The first-order valence-corrected chi connectivity index (χ1v) is 12.7. The molecule has 0 saturated carbocycles. The molecule has 0 unspecified atom stereocenters. The maximum atomic E-state index is 14.1. The number of fused-ring (bicyclic) bond motifs is 2. The van der Waals surface area contributed by atoms with Crippen LogP contribution in [0.2, 0.25) is 0 Å². The van der Waals surface area contributed by atoms with E-state index >= 15 is 0 Å². The van der Waals surface area contributed by atoms with Gasteiger partial charge in [0.2, 0.25) is 0 Å². The lowest BCUT2D eigenvalue weighted by molar-refractivity contribution is 0.0930. The van der Waals surface area contributed by atoms with Crippen molar-refractivity contribution < 1.29 is 9.18 Å². The molecule has 0 spiro atoms. The number of anilines is 2. The first kappa shape index (κ1) is 23.5. The number of carbonyl (C=O) groups excluding carboxylic acids is 1. The van der Waals surface area contributed by atoms with Gasteiger partial charge in [-0.05, 0) is 67.4 Å². The van der Waals surface area contributed by atoms with Crippen LogP contribution in [0.3, 0.4) is 0 Å². The number of halogens is 1. The third kappa shape index (κ3) is 4.42. The lowest BCUT2D eigenvalue weighted by Gasteiger charge is -2.23. The predicted octanol–water partition coefficient (Wildman–Crippen LogP) is 4.74. The van der Waals surface area contributed by atoms with Crippen LogP contribution in [0.5, 0.6) is 0 Å². The number of benzene rings is 2. The van der Waals surface area contributed by atoms with E-state index in [0.717, 1.165) is 54.0 Å². The molecule has 4 heterocycles. The second kappa shape index (κ2) is 9.19. The Bertz CT molecular complexity index is 1500. The molecule has 0 bridgehead atoms. The number of nitrogens with one attached hydrogen (secondary N) is 2.